The molecule has 0 saturated carbocycles. The first-order valence-electron chi connectivity index (χ1n) is 10.7. The maximum atomic E-state index is 12.9. The molecule has 1 amide bonds. The van der Waals surface area contributed by atoms with Gasteiger partial charge in [-0.1, -0.05) is 49.2 Å². The van der Waals surface area contributed by atoms with Crippen LogP contribution in [0.5, 0.6) is 0 Å². The Balaban J connectivity index is 1.50. The number of nitrogens with zero attached hydrogens (tertiary/aromatic N) is 2. The molecule has 0 radical (unpaired) electrons. The Bertz CT molecular complexity index is 970. The lowest BCUT2D eigenvalue weighted by Crippen LogP contribution is -2.51. The number of piperazine rings is 1. The first kappa shape index (κ1) is 23.7. The van der Waals surface area contributed by atoms with Crippen LogP contribution in [0.15, 0.2) is 53.4 Å². The number of carbonyl (C=O) groups is 1. The summed E-state index contributed by atoms with van der Waals surface area (Å²) in [5, 5.41) is 3.65. The summed E-state index contributed by atoms with van der Waals surface area (Å²) >= 11 is 5.91. The highest BCUT2D eigenvalue weighted by Crippen LogP contribution is 2.19. The lowest BCUT2D eigenvalue weighted by atomic mass is 10.1. The fourth-order valence-electron chi connectivity index (χ4n) is 3.72. The second-order valence-corrected chi connectivity index (χ2v) is 10.3. The molecule has 0 spiro atoms. The number of hydrogen-bond acceptors (Lipinski definition) is 4. The molecule has 31 heavy (non-hydrogen) atoms. The van der Waals surface area contributed by atoms with E-state index >= 15 is 0 Å². The fourth-order valence-corrected chi connectivity index (χ4v) is 5.27. The zero-order chi connectivity index (χ0) is 22.4. The Kier molecular flexibility index (Phi) is 8.11. The molecule has 3 rings (SSSR count). The molecule has 2 aromatic rings. The van der Waals surface area contributed by atoms with Gasteiger partial charge in [0.2, 0.25) is 15.9 Å². The van der Waals surface area contributed by atoms with Crippen molar-refractivity contribution in [1.29, 1.82) is 0 Å². The van der Waals surface area contributed by atoms with Crippen molar-refractivity contribution in [3.8, 4) is 0 Å². The molecule has 1 aliphatic rings. The van der Waals surface area contributed by atoms with Gasteiger partial charge in [0.25, 0.3) is 0 Å². The smallest absolute Gasteiger partial charge is 0.243 e. The largest absolute Gasteiger partial charge is 0.348 e. The predicted octanol–water partition coefficient (Wildman–Crippen LogP) is 3.48. The van der Waals surface area contributed by atoms with Gasteiger partial charge in [-0.05, 0) is 48.7 Å². The average molecular weight is 464 g/mol. The molecular formula is C23H30ClN3O3S. The quantitative estimate of drug-likeness (QED) is 0.650. The molecule has 2 aromatic carbocycles. The summed E-state index contributed by atoms with van der Waals surface area (Å²) in [6.45, 7) is 6.07. The van der Waals surface area contributed by atoms with Gasteiger partial charge >= 0.3 is 0 Å². The average Bonchev–Trinajstić information content (AvgIpc) is 2.75. The number of benzene rings is 2. The highest BCUT2D eigenvalue weighted by Gasteiger charge is 2.29. The molecule has 0 aliphatic carbocycles. The van der Waals surface area contributed by atoms with E-state index < -0.39 is 10.0 Å². The van der Waals surface area contributed by atoms with Crippen LogP contribution in [0.4, 0.5) is 0 Å². The van der Waals surface area contributed by atoms with Crippen molar-refractivity contribution in [3.05, 3.63) is 64.7 Å². The second kappa shape index (κ2) is 10.6. The van der Waals surface area contributed by atoms with Crippen LogP contribution in [0.1, 0.15) is 37.4 Å². The monoisotopic (exact) mass is 463 g/mol. The summed E-state index contributed by atoms with van der Waals surface area (Å²) in [5.74, 6) is -0.0785. The third-order valence-corrected chi connectivity index (χ3v) is 7.71. The van der Waals surface area contributed by atoms with Gasteiger partial charge in [-0.25, -0.2) is 8.42 Å². The van der Waals surface area contributed by atoms with Gasteiger partial charge < -0.3 is 5.32 Å². The Morgan fingerprint density at radius 2 is 1.65 bits per heavy atom. The number of sulfonamides is 1. The normalized spacial score (nSPS) is 16.7. The van der Waals surface area contributed by atoms with Crippen LogP contribution in [0, 0.1) is 0 Å². The predicted molar refractivity (Wildman–Crippen MR) is 124 cm³/mol. The van der Waals surface area contributed by atoms with Gasteiger partial charge in [0.1, 0.15) is 0 Å². The second-order valence-electron chi connectivity index (χ2n) is 7.91. The van der Waals surface area contributed by atoms with Crippen molar-refractivity contribution < 1.29 is 13.2 Å². The van der Waals surface area contributed by atoms with Crippen LogP contribution in [0.2, 0.25) is 5.02 Å². The number of aryl methyl sites for hydroxylation is 1. The summed E-state index contributed by atoms with van der Waals surface area (Å²) < 4.78 is 27.4. The number of carbonyl (C=O) groups excluding carboxylic acids is 1. The van der Waals surface area contributed by atoms with Gasteiger partial charge in [0.15, 0.2) is 0 Å². The molecule has 0 aromatic heterocycles. The molecule has 1 saturated heterocycles. The lowest BCUT2D eigenvalue weighted by Gasteiger charge is -2.33. The Morgan fingerprint density at radius 3 is 2.23 bits per heavy atom. The maximum Gasteiger partial charge on any atom is 0.243 e. The van der Waals surface area contributed by atoms with E-state index in [1.165, 1.54) is 4.31 Å². The van der Waals surface area contributed by atoms with Crippen molar-refractivity contribution >= 4 is 27.5 Å². The number of hydrogen-bond donors (Lipinski definition) is 1. The third kappa shape index (κ3) is 6.29. The van der Waals surface area contributed by atoms with E-state index in [0.717, 1.165) is 24.0 Å². The standard InChI is InChI=1S/C23H30ClN3O3S/c1-3-4-19-5-11-22(12-6-19)31(29,30)27-15-13-26(14-16-27)17-23(28)25-18(2)20-7-9-21(24)10-8-20/h5-12,18H,3-4,13-17H2,1-2H3,(H,25,28)/t18-/m0/s1. The summed E-state index contributed by atoms with van der Waals surface area (Å²) in [7, 11) is -3.51. The molecule has 0 bridgehead atoms. The van der Waals surface area contributed by atoms with E-state index in [9.17, 15) is 13.2 Å². The summed E-state index contributed by atoms with van der Waals surface area (Å²) in [5.41, 5.74) is 2.13. The Hall–Kier alpha value is -1.93. The van der Waals surface area contributed by atoms with E-state index in [4.69, 9.17) is 11.6 Å². The van der Waals surface area contributed by atoms with Gasteiger partial charge in [-0.2, -0.15) is 4.31 Å². The van der Waals surface area contributed by atoms with Gasteiger partial charge in [-0.15, -0.1) is 0 Å². The van der Waals surface area contributed by atoms with Crippen LogP contribution in [-0.4, -0.2) is 56.3 Å². The highest BCUT2D eigenvalue weighted by molar-refractivity contribution is 7.89. The van der Waals surface area contributed by atoms with E-state index in [0.29, 0.717) is 36.1 Å². The molecule has 6 nitrogen and oxygen atoms in total. The first-order valence-corrected chi connectivity index (χ1v) is 12.5. The van der Waals surface area contributed by atoms with Crippen molar-refractivity contribution in [2.75, 3.05) is 32.7 Å². The molecule has 1 N–H and O–H groups in total. The van der Waals surface area contributed by atoms with Crippen molar-refractivity contribution in [3.63, 3.8) is 0 Å². The third-order valence-electron chi connectivity index (χ3n) is 5.55. The first-order chi connectivity index (χ1) is 14.8. The zero-order valence-corrected chi connectivity index (χ0v) is 19.6. The lowest BCUT2D eigenvalue weighted by molar-refractivity contribution is -0.123. The topological polar surface area (TPSA) is 69.7 Å². The molecular weight excluding hydrogens is 434 g/mol. The van der Waals surface area contributed by atoms with Crippen LogP contribution in [0.25, 0.3) is 0 Å². The number of nitrogens with one attached hydrogen (secondary N) is 1. The summed E-state index contributed by atoms with van der Waals surface area (Å²) in [6.07, 6.45) is 1.97. The van der Waals surface area contributed by atoms with Crippen LogP contribution in [0.3, 0.4) is 0 Å². The summed E-state index contributed by atoms with van der Waals surface area (Å²) in [6, 6.07) is 14.4. The van der Waals surface area contributed by atoms with E-state index in [2.05, 4.69) is 12.2 Å². The minimum Gasteiger partial charge on any atom is -0.348 e. The van der Waals surface area contributed by atoms with E-state index in [1.54, 1.807) is 24.3 Å². The highest BCUT2D eigenvalue weighted by atomic mass is 35.5. The molecule has 1 atom stereocenters. The van der Waals surface area contributed by atoms with E-state index in [1.807, 2.05) is 36.1 Å². The van der Waals surface area contributed by atoms with Crippen LogP contribution < -0.4 is 5.32 Å². The number of halogens is 1. The van der Waals surface area contributed by atoms with E-state index in [-0.39, 0.29) is 18.5 Å². The fraction of sp³-hybridized carbons (Fsp3) is 0.435. The Morgan fingerprint density at radius 1 is 1.03 bits per heavy atom. The molecule has 0 unspecified atom stereocenters. The maximum absolute atomic E-state index is 12.9. The summed E-state index contributed by atoms with van der Waals surface area (Å²) in [4.78, 5) is 14.8. The van der Waals surface area contributed by atoms with Crippen LogP contribution >= 0.6 is 11.6 Å². The number of amides is 1. The minimum atomic E-state index is -3.51. The van der Waals surface area contributed by atoms with Gasteiger partial charge in [-0.3, -0.25) is 9.69 Å². The molecule has 8 heteroatoms. The number of rotatable bonds is 8. The Labute approximate surface area is 190 Å². The minimum absolute atomic E-state index is 0.0785. The van der Waals surface area contributed by atoms with Crippen molar-refractivity contribution in [1.82, 2.24) is 14.5 Å². The van der Waals surface area contributed by atoms with Gasteiger partial charge in [0.05, 0.1) is 17.5 Å². The van der Waals surface area contributed by atoms with Crippen molar-refractivity contribution in [2.24, 2.45) is 0 Å². The zero-order valence-electron chi connectivity index (χ0n) is 18.1. The molecule has 1 fully saturated rings. The molecule has 168 valence electrons. The van der Waals surface area contributed by atoms with Crippen LogP contribution in [-0.2, 0) is 21.2 Å². The van der Waals surface area contributed by atoms with Crippen molar-refractivity contribution in [2.45, 2.75) is 37.6 Å². The van der Waals surface area contributed by atoms with Gasteiger partial charge in [0, 0.05) is 31.2 Å². The SMILES string of the molecule is CCCc1ccc(S(=O)(=O)N2CCN(CC(=O)N[C@@H](C)c3ccc(Cl)cc3)CC2)cc1. The molecule has 1 heterocycles. The molecule has 1 aliphatic heterocycles.